The second kappa shape index (κ2) is 11.0. The minimum atomic E-state index is 0.759. The van der Waals surface area contributed by atoms with Gasteiger partial charge >= 0.3 is 0 Å². The van der Waals surface area contributed by atoms with Crippen molar-refractivity contribution in [1.29, 1.82) is 0 Å². The Balaban J connectivity index is 1.58. The molecule has 1 atom stereocenters. The summed E-state index contributed by atoms with van der Waals surface area (Å²) < 4.78 is 5.18. The third-order valence-electron chi connectivity index (χ3n) is 4.78. The van der Waals surface area contributed by atoms with Crippen LogP contribution in [0.25, 0.3) is 0 Å². The van der Waals surface area contributed by atoms with Crippen LogP contribution in [-0.2, 0) is 6.54 Å². The van der Waals surface area contributed by atoms with E-state index < -0.39 is 0 Å². The molecule has 0 radical (unpaired) electrons. The molecule has 1 heterocycles. The molecule has 0 aromatic heterocycles. The zero-order chi connectivity index (χ0) is 17.9. The van der Waals surface area contributed by atoms with Gasteiger partial charge in [0, 0.05) is 26.7 Å². The van der Waals surface area contributed by atoms with Crippen molar-refractivity contribution in [2.24, 2.45) is 10.9 Å². The zero-order valence-corrected chi connectivity index (χ0v) is 16.1. The van der Waals surface area contributed by atoms with Gasteiger partial charge in [-0.05, 0) is 62.4 Å². The Kier molecular flexibility index (Phi) is 8.60. The summed E-state index contributed by atoms with van der Waals surface area (Å²) in [6.07, 6.45) is 5.18. The summed E-state index contributed by atoms with van der Waals surface area (Å²) >= 11 is 0. The van der Waals surface area contributed by atoms with Crippen LogP contribution in [-0.4, -0.2) is 51.2 Å². The largest absolute Gasteiger partial charge is 0.497 e. The molecule has 0 saturated carbocycles. The lowest BCUT2D eigenvalue weighted by Crippen LogP contribution is -2.38. The summed E-state index contributed by atoms with van der Waals surface area (Å²) in [5.41, 5.74) is 1.21. The van der Waals surface area contributed by atoms with Crippen LogP contribution < -0.4 is 15.4 Å². The van der Waals surface area contributed by atoms with Gasteiger partial charge in [0.1, 0.15) is 5.75 Å². The van der Waals surface area contributed by atoms with Gasteiger partial charge in [-0.15, -0.1) is 0 Å². The van der Waals surface area contributed by atoms with Crippen LogP contribution in [0.4, 0.5) is 0 Å². The maximum atomic E-state index is 5.18. The molecule has 5 nitrogen and oxygen atoms in total. The molecule has 1 fully saturated rings. The number of hydrogen-bond acceptors (Lipinski definition) is 3. The lowest BCUT2D eigenvalue weighted by atomic mass is 10.0. The number of nitrogens with zero attached hydrogens (tertiary/aromatic N) is 2. The molecule has 1 saturated heterocycles. The third-order valence-corrected chi connectivity index (χ3v) is 4.78. The summed E-state index contributed by atoms with van der Waals surface area (Å²) in [7, 11) is 3.50. The van der Waals surface area contributed by atoms with Gasteiger partial charge in [0.15, 0.2) is 5.96 Å². The monoisotopic (exact) mass is 346 g/mol. The van der Waals surface area contributed by atoms with E-state index in [1.54, 1.807) is 7.11 Å². The summed E-state index contributed by atoms with van der Waals surface area (Å²) in [4.78, 5) is 6.91. The standard InChI is InChI=1S/C20H34N4O/c1-17-7-6-14-24(16-17)13-5-4-12-22-20(21-2)23-15-18-8-10-19(25-3)11-9-18/h8-11,17H,4-7,12-16H2,1-3H3,(H2,21,22,23). The van der Waals surface area contributed by atoms with E-state index in [0.717, 1.165) is 30.7 Å². The number of benzene rings is 1. The van der Waals surface area contributed by atoms with E-state index in [1.165, 1.54) is 50.9 Å². The van der Waals surface area contributed by atoms with Crippen molar-refractivity contribution in [2.75, 3.05) is 40.3 Å². The number of nitrogens with one attached hydrogen (secondary N) is 2. The van der Waals surface area contributed by atoms with E-state index in [0.29, 0.717) is 0 Å². The van der Waals surface area contributed by atoms with Gasteiger partial charge in [-0.25, -0.2) is 0 Å². The number of rotatable bonds is 8. The highest BCUT2D eigenvalue weighted by molar-refractivity contribution is 5.79. The molecule has 0 aliphatic carbocycles. The molecule has 0 spiro atoms. The van der Waals surface area contributed by atoms with Crippen molar-refractivity contribution in [1.82, 2.24) is 15.5 Å². The lowest BCUT2D eigenvalue weighted by Gasteiger charge is -2.30. The minimum Gasteiger partial charge on any atom is -0.497 e. The van der Waals surface area contributed by atoms with Crippen molar-refractivity contribution in [3.63, 3.8) is 0 Å². The van der Waals surface area contributed by atoms with Gasteiger partial charge < -0.3 is 20.3 Å². The Morgan fingerprint density at radius 2 is 2.04 bits per heavy atom. The molecule has 1 unspecified atom stereocenters. The predicted octanol–water partition coefficient (Wildman–Crippen LogP) is 2.87. The molecule has 2 rings (SSSR count). The summed E-state index contributed by atoms with van der Waals surface area (Å²) in [5.74, 6) is 2.62. The molecule has 0 bridgehead atoms. The molecule has 0 amide bonds. The van der Waals surface area contributed by atoms with Crippen molar-refractivity contribution in [2.45, 2.75) is 39.2 Å². The fourth-order valence-electron chi connectivity index (χ4n) is 3.31. The van der Waals surface area contributed by atoms with E-state index in [2.05, 4.69) is 39.6 Å². The quantitative estimate of drug-likeness (QED) is 0.432. The number of aliphatic imine (C=N–C) groups is 1. The Morgan fingerprint density at radius 3 is 2.72 bits per heavy atom. The van der Waals surface area contributed by atoms with Gasteiger partial charge in [-0.2, -0.15) is 0 Å². The number of likely N-dealkylation sites (tertiary alicyclic amines) is 1. The maximum absolute atomic E-state index is 5.18. The number of methoxy groups -OCH3 is 1. The smallest absolute Gasteiger partial charge is 0.191 e. The van der Waals surface area contributed by atoms with Crippen molar-refractivity contribution in [3.8, 4) is 5.75 Å². The first-order valence-electron chi connectivity index (χ1n) is 9.51. The molecule has 5 heteroatoms. The van der Waals surface area contributed by atoms with E-state index in [4.69, 9.17) is 4.74 Å². The first kappa shape index (κ1) is 19.6. The molecule has 140 valence electrons. The van der Waals surface area contributed by atoms with Gasteiger partial charge in [-0.3, -0.25) is 4.99 Å². The molecular formula is C20H34N4O. The molecule has 2 N–H and O–H groups in total. The third kappa shape index (κ3) is 7.34. The first-order chi connectivity index (χ1) is 12.2. The summed E-state index contributed by atoms with van der Waals surface area (Å²) in [5, 5.41) is 6.76. The van der Waals surface area contributed by atoms with Crippen LogP contribution in [0.15, 0.2) is 29.3 Å². The fourth-order valence-corrected chi connectivity index (χ4v) is 3.31. The molecular weight excluding hydrogens is 312 g/mol. The number of hydrogen-bond donors (Lipinski definition) is 2. The predicted molar refractivity (Wildman–Crippen MR) is 105 cm³/mol. The van der Waals surface area contributed by atoms with Crippen molar-refractivity contribution < 1.29 is 4.74 Å². The zero-order valence-electron chi connectivity index (χ0n) is 16.1. The van der Waals surface area contributed by atoms with E-state index in [-0.39, 0.29) is 0 Å². The second-order valence-electron chi connectivity index (χ2n) is 6.96. The van der Waals surface area contributed by atoms with E-state index in [9.17, 15) is 0 Å². The SMILES string of the molecule is CN=C(NCCCCN1CCCC(C)C1)NCc1ccc(OC)cc1. The number of unbranched alkanes of at least 4 members (excludes halogenated alkanes) is 1. The van der Waals surface area contributed by atoms with Crippen LogP contribution in [0, 0.1) is 5.92 Å². The Labute approximate surface area is 152 Å². The van der Waals surface area contributed by atoms with Crippen molar-refractivity contribution >= 4 is 5.96 Å². The maximum Gasteiger partial charge on any atom is 0.191 e. The van der Waals surface area contributed by atoms with E-state index >= 15 is 0 Å². The van der Waals surface area contributed by atoms with Gasteiger partial charge in [0.2, 0.25) is 0 Å². The topological polar surface area (TPSA) is 48.9 Å². The van der Waals surface area contributed by atoms with Crippen LogP contribution >= 0.6 is 0 Å². The van der Waals surface area contributed by atoms with Crippen LogP contribution in [0.5, 0.6) is 5.75 Å². The molecule has 1 aliphatic rings. The Hall–Kier alpha value is -1.75. The average Bonchev–Trinajstić information content (AvgIpc) is 2.64. The first-order valence-corrected chi connectivity index (χ1v) is 9.51. The fraction of sp³-hybridized carbons (Fsp3) is 0.650. The van der Waals surface area contributed by atoms with Crippen molar-refractivity contribution in [3.05, 3.63) is 29.8 Å². The molecule has 1 aliphatic heterocycles. The molecule has 25 heavy (non-hydrogen) atoms. The highest BCUT2D eigenvalue weighted by Gasteiger charge is 2.15. The highest BCUT2D eigenvalue weighted by atomic mass is 16.5. The molecule has 1 aromatic rings. The number of ether oxygens (including phenoxy) is 1. The van der Waals surface area contributed by atoms with Gasteiger partial charge in [0.05, 0.1) is 7.11 Å². The molecule has 1 aromatic carbocycles. The summed E-state index contributed by atoms with van der Waals surface area (Å²) in [6.45, 7) is 7.87. The number of piperidine rings is 1. The average molecular weight is 347 g/mol. The normalized spacial score (nSPS) is 18.8. The highest BCUT2D eigenvalue weighted by Crippen LogP contribution is 2.15. The minimum absolute atomic E-state index is 0.759. The van der Waals surface area contributed by atoms with Crippen LogP contribution in [0.2, 0.25) is 0 Å². The Bertz CT molecular complexity index is 515. The lowest BCUT2D eigenvalue weighted by molar-refractivity contribution is 0.181. The van der Waals surface area contributed by atoms with Gasteiger partial charge in [-0.1, -0.05) is 19.1 Å². The number of guanidine groups is 1. The second-order valence-corrected chi connectivity index (χ2v) is 6.96. The van der Waals surface area contributed by atoms with Gasteiger partial charge in [0.25, 0.3) is 0 Å². The van der Waals surface area contributed by atoms with E-state index in [1.807, 2.05) is 19.2 Å². The summed E-state index contributed by atoms with van der Waals surface area (Å²) in [6, 6.07) is 8.10. The van der Waals surface area contributed by atoms with Crippen LogP contribution in [0.3, 0.4) is 0 Å². The Morgan fingerprint density at radius 1 is 1.24 bits per heavy atom. The van der Waals surface area contributed by atoms with Crippen LogP contribution in [0.1, 0.15) is 38.2 Å².